The maximum Gasteiger partial charge on any atom is 0.261 e. The van der Waals surface area contributed by atoms with Crippen molar-refractivity contribution in [2.24, 2.45) is 5.84 Å². The van der Waals surface area contributed by atoms with Gasteiger partial charge in [-0.25, -0.2) is 15.8 Å². The Morgan fingerprint density at radius 1 is 1.00 bits per heavy atom. The number of rotatable bonds is 2. The van der Waals surface area contributed by atoms with Crippen LogP contribution in [0.15, 0.2) is 30.6 Å². The predicted molar refractivity (Wildman–Crippen MR) is 92.8 cm³/mol. The Morgan fingerprint density at radius 3 is 1.84 bits per heavy atom. The van der Waals surface area contributed by atoms with E-state index in [4.69, 9.17) is 14.9 Å². The zero-order valence-corrected chi connectivity index (χ0v) is 15.3. The quantitative estimate of drug-likeness (QED) is 0.309. The molecule has 2 aromatic rings. The number of nitrogens with zero attached hydrogens (tertiary/aromatic N) is 3. The van der Waals surface area contributed by atoms with E-state index in [1.165, 1.54) is 0 Å². The van der Waals surface area contributed by atoms with Crippen LogP contribution in [0.25, 0.3) is 11.4 Å². The van der Waals surface area contributed by atoms with Crippen LogP contribution in [0, 0.1) is 6.92 Å². The lowest BCUT2D eigenvalue weighted by molar-refractivity contribution is 0.488. The standard InChI is InChI=1S/C10H11N5.2CH4O3S/c1-7-6-9(15-11)14-10(13-7)8-2-4-12-5-3-8;2*1-5(2,3)4/h2-6H,11H2,1H3,(H,13,14,15);2*1H3,(H,2,3,4). The van der Waals surface area contributed by atoms with Crippen molar-refractivity contribution in [1.82, 2.24) is 15.0 Å². The highest BCUT2D eigenvalue weighted by Crippen LogP contribution is 2.15. The first-order valence-electron chi connectivity index (χ1n) is 6.37. The van der Waals surface area contributed by atoms with E-state index < -0.39 is 20.2 Å². The molecule has 2 rings (SSSR count). The molecule has 25 heavy (non-hydrogen) atoms. The Hall–Kier alpha value is -2.19. The lowest BCUT2D eigenvalue weighted by Gasteiger charge is -2.04. The smallest absolute Gasteiger partial charge is 0.261 e. The summed E-state index contributed by atoms with van der Waals surface area (Å²) in [5.41, 5.74) is 4.30. The second kappa shape index (κ2) is 9.95. The van der Waals surface area contributed by atoms with Crippen molar-refractivity contribution < 1.29 is 25.9 Å². The molecule has 0 saturated heterocycles. The molecule has 0 bridgehead atoms. The average Bonchev–Trinajstić information content (AvgIpc) is 2.44. The molecule has 13 heteroatoms. The SMILES string of the molecule is CS(=O)(=O)O.CS(=O)(=O)O.Cc1cc(NN)nc(-c2ccncc2)n1. The van der Waals surface area contributed by atoms with E-state index in [1.54, 1.807) is 18.5 Å². The summed E-state index contributed by atoms with van der Waals surface area (Å²) in [7, 11) is -7.33. The first kappa shape index (κ1) is 22.8. The van der Waals surface area contributed by atoms with Crippen LogP contribution >= 0.6 is 0 Å². The van der Waals surface area contributed by atoms with Crippen LogP contribution in [-0.2, 0) is 20.2 Å². The molecule has 0 aliphatic rings. The monoisotopic (exact) mass is 393 g/mol. The molecule has 11 nitrogen and oxygen atoms in total. The average molecular weight is 393 g/mol. The van der Waals surface area contributed by atoms with E-state index in [1.807, 2.05) is 19.1 Å². The minimum atomic E-state index is -3.67. The second-order valence-electron chi connectivity index (χ2n) is 4.56. The first-order valence-corrected chi connectivity index (χ1v) is 10.1. The molecule has 0 atom stereocenters. The number of aryl methyl sites for hydroxylation is 1. The highest BCUT2D eigenvalue weighted by atomic mass is 32.2. The van der Waals surface area contributed by atoms with Gasteiger partial charge in [-0.3, -0.25) is 14.1 Å². The third-order valence-corrected chi connectivity index (χ3v) is 1.94. The van der Waals surface area contributed by atoms with Crippen molar-refractivity contribution in [3.8, 4) is 11.4 Å². The van der Waals surface area contributed by atoms with Gasteiger partial charge in [0.2, 0.25) is 0 Å². The lowest BCUT2D eigenvalue weighted by Crippen LogP contribution is -2.09. The number of nitrogens with one attached hydrogen (secondary N) is 1. The van der Waals surface area contributed by atoms with Gasteiger partial charge in [-0.15, -0.1) is 0 Å². The van der Waals surface area contributed by atoms with Crippen molar-refractivity contribution >= 4 is 26.1 Å². The van der Waals surface area contributed by atoms with Crippen LogP contribution in [0.2, 0.25) is 0 Å². The number of pyridine rings is 1. The van der Waals surface area contributed by atoms with Crippen LogP contribution in [0.1, 0.15) is 5.69 Å². The molecule has 0 aromatic carbocycles. The van der Waals surface area contributed by atoms with Crippen LogP contribution in [0.4, 0.5) is 5.82 Å². The second-order valence-corrected chi connectivity index (χ2v) is 7.50. The van der Waals surface area contributed by atoms with Crippen LogP contribution in [0.5, 0.6) is 0 Å². The maximum atomic E-state index is 9.19. The van der Waals surface area contributed by atoms with Crippen molar-refractivity contribution in [2.75, 3.05) is 17.9 Å². The minimum Gasteiger partial charge on any atom is -0.308 e. The molecule has 2 aromatic heterocycles. The third-order valence-electron chi connectivity index (χ3n) is 1.94. The van der Waals surface area contributed by atoms with Gasteiger partial charge in [0.15, 0.2) is 5.82 Å². The molecule has 0 radical (unpaired) electrons. The molecular weight excluding hydrogens is 374 g/mol. The normalized spacial score (nSPS) is 10.6. The number of hydrogen-bond acceptors (Lipinski definition) is 9. The summed E-state index contributed by atoms with van der Waals surface area (Å²) in [6.07, 6.45) is 4.84. The number of hydrazine groups is 1. The predicted octanol–water partition coefficient (Wildman–Crippen LogP) is 0.141. The largest absolute Gasteiger partial charge is 0.308 e. The van der Waals surface area contributed by atoms with Gasteiger partial charge in [-0.05, 0) is 19.1 Å². The topological polar surface area (TPSA) is 185 Å². The van der Waals surface area contributed by atoms with Gasteiger partial charge in [0.05, 0.1) is 12.5 Å². The number of hydrogen-bond donors (Lipinski definition) is 4. The highest BCUT2D eigenvalue weighted by molar-refractivity contribution is 7.85. The third kappa shape index (κ3) is 15.1. The Kier molecular flexibility index (Phi) is 9.08. The zero-order chi connectivity index (χ0) is 19.7. The van der Waals surface area contributed by atoms with Crippen molar-refractivity contribution in [3.63, 3.8) is 0 Å². The van der Waals surface area contributed by atoms with Crippen molar-refractivity contribution in [1.29, 1.82) is 0 Å². The summed E-state index contributed by atoms with van der Waals surface area (Å²) < 4.78 is 51.7. The number of nitrogen functional groups attached to an aromatic ring is 1. The van der Waals surface area contributed by atoms with Crippen molar-refractivity contribution in [3.05, 3.63) is 36.3 Å². The summed E-state index contributed by atoms with van der Waals surface area (Å²) in [5, 5.41) is 0. The molecule has 0 aliphatic carbocycles. The van der Waals surface area contributed by atoms with Gasteiger partial charge in [0, 0.05) is 29.7 Å². The van der Waals surface area contributed by atoms with Crippen LogP contribution in [-0.4, -0.2) is 53.4 Å². The van der Waals surface area contributed by atoms with Gasteiger partial charge in [0.1, 0.15) is 5.82 Å². The number of aromatic nitrogens is 3. The summed E-state index contributed by atoms with van der Waals surface area (Å²) in [4.78, 5) is 12.5. The molecule has 0 amide bonds. The Balaban J connectivity index is 0.000000480. The molecule has 2 heterocycles. The summed E-state index contributed by atoms with van der Waals surface area (Å²) in [5.74, 6) is 6.56. The summed E-state index contributed by atoms with van der Waals surface area (Å²) >= 11 is 0. The molecule has 5 N–H and O–H groups in total. The molecule has 0 saturated carbocycles. The molecular formula is C12H19N5O6S2. The summed E-state index contributed by atoms with van der Waals surface area (Å²) in [6, 6.07) is 5.49. The molecule has 0 fully saturated rings. The van der Waals surface area contributed by atoms with Gasteiger partial charge in [0.25, 0.3) is 20.2 Å². The molecule has 0 unspecified atom stereocenters. The van der Waals surface area contributed by atoms with Gasteiger partial charge in [-0.2, -0.15) is 16.8 Å². The highest BCUT2D eigenvalue weighted by Gasteiger charge is 2.03. The van der Waals surface area contributed by atoms with E-state index in [0.717, 1.165) is 11.3 Å². The maximum absolute atomic E-state index is 9.19. The Morgan fingerprint density at radius 2 is 1.44 bits per heavy atom. The molecule has 140 valence electrons. The minimum absolute atomic E-state index is 0.606. The lowest BCUT2D eigenvalue weighted by atomic mass is 10.2. The number of nitrogens with two attached hydrogens (primary N) is 1. The van der Waals surface area contributed by atoms with Crippen molar-refractivity contribution in [2.45, 2.75) is 6.92 Å². The van der Waals surface area contributed by atoms with Gasteiger partial charge < -0.3 is 5.43 Å². The molecule has 0 spiro atoms. The van der Waals surface area contributed by atoms with E-state index in [9.17, 15) is 16.8 Å². The molecule has 0 aliphatic heterocycles. The Labute approximate surface area is 145 Å². The number of anilines is 1. The first-order chi connectivity index (χ1) is 11.3. The summed E-state index contributed by atoms with van der Waals surface area (Å²) in [6.45, 7) is 1.90. The Bertz CT molecular complexity index is 826. The van der Waals surface area contributed by atoms with Crippen LogP contribution in [0.3, 0.4) is 0 Å². The van der Waals surface area contributed by atoms with E-state index in [0.29, 0.717) is 24.2 Å². The van der Waals surface area contributed by atoms with E-state index in [-0.39, 0.29) is 0 Å². The fourth-order valence-corrected chi connectivity index (χ4v) is 1.27. The van der Waals surface area contributed by atoms with E-state index >= 15 is 0 Å². The fourth-order valence-electron chi connectivity index (χ4n) is 1.27. The van der Waals surface area contributed by atoms with E-state index in [2.05, 4.69) is 20.4 Å². The fraction of sp³-hybridized carbons (Fsp3) is 0.250. The van der Waals surface area contributed by atoms with Crippen LogP contribution < -0.4 is 11.3 Å². The van der Waals surface area contributed by atoms with Gasteiger partial charge >= 0.3 is 0 Å². The van der Waals surface area contributed by atoms with Gasteiger partial charge in [-0.1, -0.05) is 0 Å². The zero-order valence-electron chi connectivity index (χ0n) is 13.6.